The maximum absolute atomic E-state index is 10.8. The normalized spacial score (nSPS) is 10.2. The highest BCUT2D eigenvalue weighted by atomic mass is 32.2. The minimum Gasteiger partial charge on any atom is -0.398 e. The fourth-order valence-electron chi connectivity index (χ4n) is 0.740. The lowest BCUT2D eigenvalue weighted by Gasteiger charge is -2.00. The highest BCUT2D eigenvalue weighted by molar-refractivity contribution is 7.89. The predicted octanol–water partition coefficient (Wildman–Crippen LogP) is -0.0852. The summed E-state index contributed by atoms with van der Waals surface area (Å²) >= 11 is 0. The zero-order chi connectivity index (χ0) is 11.2. The molecule has 0 atom stereocenters. The van der Waals surface area contributed by atoms with Crippen LogP contribution < -0.4 is 10.9 Å². The van der Waals surface area contributed by atoms with Crippen molar-refractivity contribution < 1.29 is 13.5 Å². The molecule has 80 valence electrons. The first-order valence-corrected chi connectivity index (χ1v) is 5.46. The largest absolute Gasteiger partial charge is 0.398 e. The van der Waals surface area contributed by atoms with Crippen LogP contribution in [-0.2, 0) is 10.0 Å². The Labute approximate surface area is 83.4 Å². The van der Waals surface area contributed by atoms with E-state index >= 15 is 0 Å². The van der Waals surface area contributed by atoms with E-state index in [0.717, 1.165) is 0 Å². The molecule has 0 unspecified atom stereocenters. The molecule has 0 aromatic heterocycles. The first-order valence-electron chi connectivity index (χ1n) is 3.91. The Morgan fingerprint density at radius 3 is 2.07 bits per heavy atom. The van der Waals surface area contributed by atoms with Crippen LogP contribution in [0.1, 0.15) is 6.92 Å². The van der Waals surface area contributed by atoms with Crippen molar-refractivity contribution >= 4 is 15.7 Å². The van der Waals surface area contributed by atoms with E-state index in [1.165, 1.54) is 12.1 Å². The molecule has 6 heteroatoms. The smallest absolute Gasteiger partial charge is 0.240 e. The number of anilines is 1. The molecule has 0 aliphatic carbocycles. The highest BCUT2D eigenvalue weighted by Gasteiger charge is 2.09. The molecule has 5 nitrogen and oxygen atoms in total. The molecule has 0 bridgehead atoms. The van der Waals surface area contributed by atoms with E-state index in [1.54, 1.807) is 19.1 Å². The summed E-state index contributed by atoms with van der Waals surface area (Å²) in [5, 5.41) is 12.4. The molecule has 0 amide bonds. The summed E-state index contributed by atoms with van der Waals surface area (Å²) in [5.74, 6) is 0. The zero-order valence-electron chi connectivity index (χ0n) is 7.84. The summed E-state index contributed by atoms with van der Waals surface area (Å²) in [7, 11) is -3.66. The van der Waals surface area contributed by atoms with Gasteiger partial charge in [-0.25, -0.2) is 13.6 Å². The van der Waals surface area contributed by atoms with E-state index in [0.29, 0.717) is 0 Å². The SMILES string of the molecule is CCO.Nc1ccccc1S(N)(=O)=O. The summed E-state index contributed by atoms with van der Waals surface area (Å²) in [5.41, 5.74) is 5.52. The van der Waals surface area contributed by atoms with Crippen LogP contribution in [0.4, 0.5) is 5.69 Å². The Morgan fingerprint density at radius 2 is 1.79 bits per heavy atom. The van der Waals surface area contributed by atoms with Gasteiger partial charge in [0.05, 0.1) is 5.69 Å². The summed E-state index contributed by atoms with van der Waals surface area (Å²) in [6, 6.07) is 6.06. The number of para-hydroxylation sites is 1. The van der Waals surface area contributed by atoms with Crippen molar-refractivity contribution in [3.63, 3.8) is 0 Å². The van der Waals surface area contributed by atoms with Gasteiger partial charge in [-0.3, -0.25) is 0 Å². The minimum absolute atomic E-state index is 0.0278. The van der Waals surface area contributed by atoms with Gasteiger partial charge >= 0.3 is 0 Å². The van der Waals surface area contributed by atoms with Crippen molar-refractivity contribution in [2.75, 3.05) is 12.3 Å². The number of nitrogens with two attached hydrogens (primary N) is 2. The van der Waals surface area contributed by atoms with Crippen molar-refractivity contribution in [2.24, 2.45) is 5.14 Å². The second-order valence-electron chi connectivity index (χ2n) is 2.40. The number of aliphatic hydroxyl groups excluding tert-OH is 1. The molecular formula is C8H14N2O3S. The van der Waals surface area contributed by atoms with Crippen LogP contribution in [0.15, 0.2) is 29.2 Å². The number of sulfonamides is 1. The van der Waals surface area contributed by atoms with Gasteiger partial charge < -0.3 is 10.8 Å². The van der Waals surface area contributed by atoms with Crippen LogP contribution in [0, 0.1) is 0 Å². The van der Waals surface area contributed by atoms with Crippen molar-refractivity contribution in [3.05, 3.63) is 24.3 Å². The molecule has 0 saturated heterocycles. The molecule has 0 heterocycles. The third kappa shape index (κ3) is 4.22. The zero-order valence-corrected chi connectivity index (χ0v) is 8.66. The fraction of sp³-hybridized carbons (Fsp3) is 0.250. The lowest BCUT2D eigenvalue weighted by Crippen LogP contribution is -2.13. The molecule has 1 rings (SSSR count). The lowest BCUT2D eigenvalue weighted by molar-refractivity contribution is 0.318. The van der Waals surface area contributed by atoms with Gasteiger partial charge in [-0.15, -0.1) is 0 Å². The maximum Gasteiger partial charge on any atom is 0.240 e. The molecule has 14 heavy (non-hydrogen) atoms. The van der Waals surface area contributed by atoms with Crippen LogP contribution in [-0.4, -0.2) is 20.1 Å². The van der Waals surface area contributed by atoms with Gasteiger partial charge in [0.15, 0.2) is 0 Å². The Bertz CT molecular complexity index is 376. The van der Waals surface area contributed by atoms with Gasteiger partial charge in [0.25, 0.3) is 0 Å². The third-order valence-electron chi connectivity index (χ3n) is 1.23. The van der Waals surface area contributed by atoms with Crippen LogP contribution in [0.5, 0.6) is 0 Å². The molecule has 0 aliphatic heterocycles. The van der Waals surface area contributed by atoms with Gasteiger partial charge in [0, 0.05) is 6.61 Å². The standard InChI is InChI=1S/C6H8N2O2S.C2H6O/c7-5-3-1-2-4-6(5)11(8,9)10;1-2-3/h1-4H,7H2,(H2,8,9,10);3H,2H2,1H3. The van der Waals surface area contributed by atoms with Gasteiger partial charge in [-0.1, -0.05) is 12.1 Å². The van der Waals surface area contributed by atoms with E-state index in [4.69, 9.17) is 16.0 Å². The van der Waals surface area contributed by atoms with Gasteiger partial charge in [-0.2, -0.15) is 0 Å². The van der Waals surface area contributed by atoms with Gasteiger partial charge in [0.1, 0.15) is 4.90 Å². The van der Waals surface area contributed by atoms with Crippen LogP contribution >= 0.6 is 0 Å². The van der Waals surface area contributed by atoms with Crippen LogP contribution in [0.25, 0.3) is 0 Å². The molecule has 0 saturated carbocycles. The van der Waals surface area contributed by atoms with Gasteiger partial charge in [-0.05, 0) is 19.1 Å². The Morgan fingerprint density at radius 1 is 1.36 bits per heavy atom. The molecule has 0 radical (unpaired) electrons. The van der Waals surface area contributed by atoms with Crippen molar-refractivity contribution in [3.8, 4) is 0 Å². The molecular weight excluding hydrogens is 204 g/mol. The Hall–Kier alpha value is -1.11. The molecule has 0 aliphatic rings. The number of hydrogen-bond acceptors (Lipinski definition) is 4. The monoisotopic (exact) mass is 218 g/mol. The second kappa shape index (κ2) is 5.58. The number of primary sulfonamides is 1. The summed E-state index contributed by atoms with van der Waals surface area (Å²) in [4.78, 5) is -0.0278. The third-order valence-corrected chi connectivity index (χ3v) is 2.21. The molecule has 5 N–H and O–H groups in total. The van der Waals surface area contributed by atoms with Gasteiger partial charge in [0.2, 0.25) is 10.0 Å². The average molecular weight is 218 g/mol. The van der Waals surface area contributed by atoms with Crippen LogP contribution in [0.2, 0.25) is 0 Å². The first kappa shape index (κ1) is 12.9. The summed E-state index contributed by atoms with van der Waals surface area (Å²) in [6.07, 6.45) is 0. The number of benzene rings is 1. The minimum atomic E-state index is -3.66. The van der Waals surface area contributed by atoms with Crippen LogP contribution in [0.3, 0.4) is 0 Å². The lowest BCUT2D eigenvalue weighted by atomic mass is 10.3. The maximum atomic E-state index is 10.8. The topological polar surface area (TPSA) is 106 Å². The predicted molar refractivity (Wildman–Crippen MR) is 55.0 cm³/mol. The number of rotatable bonds is 1. The second-order valence-corrected chi connectivity index (χ2v) is 3.93. The average Bonchev–Trinajstić information content (AvgIpc) is 2.04. The Kier molecular flexibility index (Phi) is 5.14. The fourth-order valence-corrected chi connectivity index (χ4v) is 1.40. The van der Waals surface area contributed by atoms with E-state index < -0.39 is 10.0 Å². The first-order chi connectivity index (χ1) is 6.43. The summed E-state index contributed by atoms with van der Waals surface area (Å²) in [6.45, 7) is 1.93. The number of nitrogen functional groups attached to an aromatic ring is 1. The molecule has 1 aromatic rings. The Balaban J connectivity index is 0.000000500. The summed E-state index contributed by atoms with van der Waals surface area (Å²) < 4.78 is 21.5. The number of aliphatic hydroxyl groups is 1. The van der Waals surface area contributed by atoms with E-state index in [9.17, 15) is 8.42 Å². The van der Waals surface area contributed by atoms with Crippen molar-refractivity contribution in [1.29, 1.82) is 0 Å². The van der Waals surface area contributed by atoms with Crippen molar-refractivity contribution in [1.82, 2.24) is 0 Å². The highest BCUT2D eigenvalue weighted by Crippen LogP contribution is 2.14. The van der Waals surface area contributed by atoms with E-state index in [1.807, 2.05) is 0 Å². The number of hydrogen-bond donors (Lipinski definition) is 3. The van der Waals surface area contributed by atoms with E-state index in [-0.39, 0.29) is 17.2 Å². The molecule has 0 spiro atoms. The van der Waals surface area contributed by atoms with E-state index in [2.05, 4.69) is 0 Å². The van der Waals surface area contributed by atoms with Crippen molar-refractivity contribution in [2.45, 2.75) is 11.8 Å². The molecule has 1 aromatic carbocycles. The quantitative estimate of drug-likeness (QED) is 0.573. The molecule has 0 fully saturated rings.